The molecule has 0 aliphatic rings. The lowest BCUT2D eigenvalue weighted by molar-refractivity contribution is -0.137. The van der Waals surface area contributed by atoms with Crippen molar-refractivity contribution in [2.24, 2.45) is 0 Å². The van der Waals surface area contributed by atoms with Crippen LogP contribution in [0.2, 0.25) is 10.0 Å². The topological polar surface area (TPSA) is 46.9 Å². The Kier molecular flexibility index (Phi) is 5.60. The van der Waals surface area contributed by atoms with Gasteiger partial charge >= 0.3 is 6.18 Å². The van der Waals surface area contributed by atoms with Crippen molar-refractivity contribution >= 4 is 51.6 Å². The number of benzene rings is 2. The molecule has 142 valence electrons. The van der Waals surface area contributed by atoms with Crippen LogP contribution in [-0.4, -0.2) is 15.4 Å². The number of rotatable bonds is 4. The van der Waals surface area contributed by atoms with E-state index in [1.165, 1.54) is 24.2 Å². The van der Waals surface area contributed by atoms with Crippen LogP contribution < -0.4 is 11.0 Å². The number of alkyl halides is 3. The second-order valence-electron chi connectivity index (χ2n) is 5.46. The van der Waals surface area contributed by atoms with Gasteiger partial charge < -0.3 is 0 Å². The lowest BCUT2D eigenvalue weighted by atomic mass is 10.1. The van der Waals surface area contributed by atoms with Crippen LogP contribution >= 0.6 is 35.0 Å². The van der Waals surface area contributed by atoms with E-state index in [1.807, 2.05) is 6.92 Å². The normalized spacial score (nSPS) is 11.8. The molecular weight excluding hydrogens is 422 g/mol. The van der Waals surface area contributed by atoms with E-state index in [0.717, 1.165) is 27.5 Å². The van der Waals surface area contributed by atoms with E-state index < -0.39 is 17.3 Å². The Morgan fingerprint density at radius 3 is 2.56 bits per heavy atom. The predicted octanol–water partition coefficient (Wildman–Crippen LogP) is 5.71. The van der Waals surface area contributed by atoms with E-state index in [9.17, 15) is 18.0 Å². The molecule has 0 saturated heterocycles. The molecule has 1 aromatic heterocycles. The van der Waals surface area contributed by atoms with Gasteiger partial charge in [-0.05, 0) is 36.1 Å². The maximum atomic E-state index is 12.9. The molecule has 0 spiro atoms. The minimum absolute atomic E-state index is 0.149. The van der Waals surface area contributed by atoms with Gasteiger partial charge in [-0.2, -0.15) is 13.2 Å². The summed E-state index contributed by atoms with van der Waals surface area (Å²) in [5.41, 5.74) is 1.93. The molecule has 0 atom stereocenters. The van der Waals surface area contributed by atoms with Crippen LogP contribution in [0.5, 0.6) is 0 Å². The summed E-state index contributed by atoms with van der Waals surface area (Å²) in [6.07, 6.45) is -3.34. The average Bonchev–Trinajstić information content (AvgIpc) is 2.60. The number of fused-ring (bicyclic) bond motifs is 1. The lowest BCUT2D eigenvalue weighted by Gasteiger charge is -2.15. The minimum Gasteiger partial charge on any atom is -0.289 e. The summed E-state index contributed by atoms with van der Waals surface area (Å²) in [5, 5.41) is 0.488. The number of hydrogen-bond acceptors (Lipinski definition) is 4. The zero-order valence-corrected chi connectivity index (χ0v) is 16.1. The highest BCUT2D eigenvalue weighted by Gasteiger charge is 2.30. The first-order chi connectivity index (χ1) is 12.7. The molecule has 2 aromatic carbocycles. The van der Waals surface area contributed by atoms with Gasteiger partial charge in [-0.3, -0.25) is 10.2 Å². The van der Waals surface area contributed by atoms with Gasteiger partial charge in [-0.25, -0.2) is 9.66 Å². The maximum absolute atomic E-state index is 12.9. The van der Waals surface area contributed by atoms with Crippen LogP contribution in [0.3, 0.4) is 0 Å². The molecule has 3 aromatic rings. The van der Waals surface area contributed by atoms with E-state index in [4.69, 9.17) is 23.2 Å². The summed E-state index contributed by atoms with van der Waals surface area (Å²) < 4.78 is 39.8. The zero-order chi connectivity index (χ0) is 19.8. The average molecular weight is 434 g/mol. The molecular formula is C17H12Cl2F3N3OS. The first-order valence-corrected chi connectivity index (χ1v) is 9.42. The van der Waals surface area contributed by atoms with Gasteiger partial charge in [0.05, 0.1) is 32.2 Å². The summed E-state index contributed by atoms with van der Waals surface area (Å²) in [4.78, 5) is 17.4. The van der Waals surface area contributed by atoms with Crippen LogP contribution in [-0.2, 0) is 6.18 Å². The van der Waals surface area contributed by atoms with Gasteiger partial charge in [0.2, 0.25) is 0 Å². The Balaban J connectivity index is 2.09. The molecule has 1 heterocycles. The Labute approximate surface area is 166 Å². The van der Waals surface area contributed by atoms with Crippen molar-refractivity contribution in [3.05, 3.63) is 62.6 Å². The summed E-state index contributed by atoms with van der Waals surface area (Å²) in [7, 11) is 0. The lowest BCUT2D eigenvalue weighted by Crippen LogP contribution is -2.27. The summed E-state index contributed by atoms with van der Waals surface area (Å²) in [5.74, 6) is 0.743. The number of nitrogens with zero attached hydrogens (tertiary/aromatic N) is 2. The molecule has 4 nitrogen and oxygen atoms in total. The monoisotopic (exact) mass is 433 g/mol. The minimum atomic E-state index is -4.55. The molecule has 27 heavy (non-hydrogen) atoms. The molecule has 0 aliphatic carbocycles. The standard InChI is InChI=1S/C17H12Cl2F3N3OS/c1-2-27-15-7-12(19)11(18)6-14(15)24-25-8-23-13-4-3-9(17(20,21)22)5-10(13)16(25)26/h3-8,24H,2H2,1H3. The zero-order valence-electron chi connectivity index (χ0n) is 13.8. The van der Waals surface area contributed by atoms with E-state index in [0.29, 0.717) is 10.7 Å². The Morgan fingerprint density at radius 1 is 1.19 bits per heavy atom. The van der Waals surface area contributed by atoms with Crippen molar-refractivity contribution in [1.29, 1.82) is 0 Å². The fraction of sp³-hybridized carbons (Fsp3) is 0.176. The molecule has 0 saturated carbocycles. The van der Waals surface area contributed by atoms with Crippen LogP contribution in [0.25, 0.3) is 10.9 Å². The number of aromatic nitrogens is 2. The SMILES string of the molecule is CCSc1cc(Cl)c(Cl)cc1Nn1cnc2ccc(C(F)(F)F)cc2c1=O. The Bertz CT molecular complexity index is 1070. The number of nitrogens with one attached hydrogen (secondary N) is 1. The summed E-state index contributed by atoms with van der Waals surface area (Å²) in [6.45, 7) is 1.94. The smallest absolute Gasteiger partial charge is 0.289 e. The molecule has 10 heteroatoms. The number of hydrogen-bond donors (Lipinski definition) is 1. The van der Waals surface area contributed by atoms with Crippen molar-refractivity contribution < 1.29 is 13.2 Å². The Hall–Kier alpha value is -1.90. The Morgan fingerprint density at radius 2 is 1.89 bits per heavy atom. The van der Waals surface area contributed by atoms with Crippen molar-refractivity contribution in [2.75, 3.05) is 11.2 Å². The van der Waals surface area contributed by atoms with Gasteiger partial charge in [0.15, 0.2) is 0 Å². The summed E-state index contributed by atoms with van der Waals surface area (Å²) >= 11 is 13.6. The van der Waals surface area contributed by atoms with Gasteiger partial charge in [0, 0.05) is 4.90 Å². The molecule has 0 unspecified atom stereocenters. The van der Waals surface area contributed by atoms with Crippen LogP contribution in [0.15, 0.2) is 46.3 Å². The van der Waals surface area contributed by atoms with Crippen LogP contribution in [0.4, 0.5) is 18.9 Å². The van der Waals surface area contributed by atoms with E-state index >= 15 is 0 Å². The third-order valence-electron chi connectivity index (χ3n) is 3.65. The van der Waals surface area contributed by atoms with Crippen molar-refractivity contribution in [2.45, 2.75) is 18.0 Å². The first kappa shape index (κ1) is 19.9. The second-order valence-corrected chi connectivity index (χ2v) is 7.58. The van der Waals surface area contributed by atoms with E-state index in [1.54, 1.807) is 12.1 Å². The van der Waals surface area contributed by atoms with Crippen molar-refractivity contribution in [1.82, 2.24) is 9.66 Å². The number of thioether (sulfide) groups is 1. The van der Waals surface area contributed by atoms with Crippen LogP contribution in [0.1, 0.15) is 12.5 Å². The largest absolute Gasteiger partial charge is 0.416 e. The molecule has 0 radical (unpaired) electrons. The van der Waals surface area contributed by atoms with E-state index in [2.05, 4.69) is 10.4 Å². The molecule has 0 aliphatic heterocycles. The highest BCUT2D eigenvalue weighted by Crippen LogP contribution is 2.35. The molecule has 0 fully saturated rings. The molecule has 1 N–H and O–H groups in total. The van der Waals surface area contributed by atoms with Gasteiger partial charge in [0.1, 0.15) is 6.33 Å². The third-order valence-corrected chi connectivity index (χ3v) is 5.31. The van der Waals surface area contributed by atoms with Gasteiger partial charge in [-0.15, -0.1) is 11.8 Å². The van der Waals surface area contributed by atoms with Crippen LogP contribution in [0, 0.1) is 0 Å². The van der Waals surface area contributed by atoms with Gasteiger partial charge in [-0.1, -0.05) is 30.1 Å². The van der Waals surface area contributed by atoms with Gasteiger partial charge in [0.25, 0.3) is 5.56 Å². The van der Waals surface area contributed by atoms with Crippen molar-refractivity contribution in [3.8, 4) is 0 Å². The molecule has 0 bridgehead atoms. The highest BCUT2D eigenvalue weighted by molar-refractivity contribution is 7.99. The van der Waals surface area contributed by atoms with Crippen molar-refractivity contribution in [3.63, 3.8) is 0 Å². The number of halogens is 5. The fourth-order valence-electron chi connectivity index (χ4n) is 2.40. The fourth-order valence-corrected chi connectivity index (χ4v) is 3.56. The first-order valence-electron chi connectivity index (χ1n) is 7.68. The second kappa shape index (κ2) is 7.61. The number of anilines is 1. The highest BCUT2D eigenvalue weighted by atomic mass is 35.5. The summed E-state index contributed by atoms with van der Waals surface area (Å²) in [6, 6.07) is 6.05. The predicted molar refractivity (Wildman–Crippen MR) is 103 cm³/mol. The molecule has 3 rings (SSSR count). The maximum Gasteiger partial charge on any atom is 0.416 e. The quantitative estimate of drug-likeness (QED) is 0.535. The molecule has 0 amide bonds. The third kappa shape index (κ3) is 4.17. The van der Waals surface area contributed by atoms with E-state index in [-0.39, 0.29) is 15.9 Å².